The summed E-state index contributed by atoms with van der Waals surface area (Å²) in [7, 11) is 0. The number of amides is 1. The van der Waals surface area contributed by atoms with Crippen molar-refractivity contribution in [2.45, 2.75) is 33.6 Å². The number of ether oxygens (including phenoxy) is 2. The minimum Gasteiger partial charge on any atom is -0.462 e. The van der Waals surface area contributed by atoms with Crippen LogP contribution in [0.3, 0.4) is 0 Å². The van der Waals surface area contributed by atoms with Crippen molar-refractivity contribution in [1.82, 2.24) is 0 Å². The Bertz CT molecular complexity index is 456. The first kappa shape index (κ1) is 16.7. The van der Waals surface area contributed by atoms with Gasteiger partial charge in [-0.15, -0.1) is 11.3 Å². The molecule has 0 atom stereocenters. The second kappa shape index (κ2) is 8.71. The molecule has 0 spiro atoms. The first-order chi connectivity index (χ1) is 9.58. The molecule has 0 bridgehead atoms. The van der Waals surface area contributed by atoms with Crippen LogP contribution < -0.4 is 5.32 Å². The maximum atomic E-state index is 11.8. The van der Waals surface area contributed by atoms with Crippen LogP contribution in [0.25, 0.3) is 0 Å². The molecule has 5 nitrogen and oxygen atoms in total. The molecule has 0 aliphatic rings. The summed E-state index contributed by atoms with van der Waals surface area (Å²) in [6.45, 7) is 7.00. The van der Waals surface area contributed by atoms with Gasteiger partial charge < -0.3 is 14.8 Å². The van der Waals surface area contributed by atoms with Crippen LogP contribution in [0.4, 0.5) is 5.00 Å². The molecule has 1 N–H and O–H groups in total. The molecule has 1 amide bonds. The largest absolute Gasteiger partial charge is 0.462 e. The Kier molecular flexibility index (Phi) is 7.25. The van der Waals surface area contributed by atoms with E-state index in [2.05, 4.69) is 5.32 Å². The van der Waals surface area contributed by atoms with E-state index < -0.39 is 5.97 Å². The highest BCUT2D eigenvalue weighted by Crippen LogP contribution is 2.28. The number of carbonyl (C=O) groups excluding carboxylic acids is 2. The van der Waals surface area contributed by atoms with Crippen LogP contribution in [-0.4, -0.2) is 31.7 Å². The Labute approximate surface area is 123 Å². The molecule has 1 aromatic rings. The number of thiophene rings is 1. The van der Waals surface area contributed by atoms with Gasteiger partial charge in [-0.3, -0.25) is 4.79 Å². The smallest absolute Gasteiger partial charge is 0.341 e. The lowest BCUT2D eigenvalue weighted by atomic mass is 10.3. The lowest BCUT2D eigenvalue weighted by Gasteiger charge is -2.06. The molecule has 0 unspecified atom stereocenters. The number of hydrogen-bond acceptors (Lipinski definition) is 5. The Morgan fingerprint density at radius 2 is 2.05 bits per heavy atom. The van der Waals surface area contributed by atoms with Gasteiger partial charge in [-0.05, 0) is 26.3 Å². The fraction of sp³-hybridized carbons (Fsp3) is 0.571. The molecule has 20 heavy (non-hydrogen) atoms. The zero-order valence-corrected chi connectivity index (χ0v) is 13.0. The molecule has 0 saturated heterocycles. The molecule has 6 heteroatoms. The monoisotopic (exact) mass is 299 g/mol. The SMILES string of the molecule is CCCOCCC(=O)Nc1sc(C)cc1C(=O)OCC. The number of carbonyl (C=O) groups is 2. The van der Waals surface area contributed by atoms with Crippen molar-refractivity contribution in [2.24, 2.45) is 0 Å². The van der Waals surface area contributed by atoms with Gasteiger partial charge in [0.05, 0.1) is 25.2 Å². The van der Waals surface area contributed by atoms with Gasteiger partial charge in [-0.25, -0.2) is 4.79 Å². The number of esters is 1. The van der Waals surface area contributed by atoms with Gasteiger partial charge >= 0.3 is 5.97 Å². The lowest BCUT2D eigenvalue weighted by Crippen LogP contribution is -2.16. The van der Waals surface area contributed by atoms with Crippen molar-refractivity contribution in [1.29, 1.82) is 0 Å². The predicted molar refractivity (Wildman–Crippen MR) is 79.4 cm³/mol. The number of aryl methyl sites for hydroxylation is 1. The van der Waals surface area contributed by atoms with Crippen molar-refractivity contribution in [2.75, 3.05) is 25.1 Å². The highest BCUT2D eigenvalue weighted by atomic mass is 32.1. The van der Waals surface area contributed by atoms with Gasteiger partial charge in [0.15, 0.2) is 0 Å². The van der Waals surface area contributed by atoms with Gasteiger partial charge in [0, 0.05) is 11.5 Å². The van der Waals surface area contributed by atoms with Gasteiger partial charge in [0.25, 0.3) is 0 Å². The number of nitrogens with one attached hydrogen (secondary N) is 1. The molecular formula is C14H21NO4S. The van der Waals surface area contributed by atoms with Crippen molar-refractivity contribution >= 4 is 28.2 Å². The highest BCUT2D eigenvalue weighted by Gasteiger charge is 2.17. The summed E-state index contributed by atoms with van der Waals surface area (Å²) >= 11 is 1.37. The molecule has 0 radical (unpaired) electrons. The summed E-state index contributed by atoms with van der Waals surface area (Å²) in [6.07, 6.45) is 1.21. The molecule has 1 heterocycles. The van der Waals surface area contributed by atoms with Crippen molar-refractivity contribution in [3.63, 3.8) is 0 Å². The summed E-state index contributed by atoms with van der Waals surface area (Å²) < 4.78 is 10.2. The second-order valence-corrected chi connectivity index (χ2v) is 5.49. The fourth-order valence-corrected chi connectivity index (χ4v) is 2.48. The topological polar surface area (TPSA) is 64.6 Å². The van der Waals surface area contributed by atoms with Crippen LogP contribution in [0.15, 0.2) is 6.07 Å². The number of anilines is 1. The summed E-state index contributed by atoms with van der Waals surface area (Å²) in [5.74, 6) is -0.567. The van der Waals surface area contributed by atoms with Crippen molar-refractivity contribution < 1.29 is 19.1 Å². The number of hydrogen-bond donors (Lipinski definition) is 1. The Balaban J connectivity index is 2.58. The summed E-state index contributed by atoms with van der Waals surface area (Å²) in [5, 5.41) is 3.29. The minimum absolute atomic E-state index is 0.159. The van der Waals surface area contributed by atoms with E-state index in [1.54, 1.807) is 13.0 Å². The molecule has 0 aliphatic carbocycles. The van der Waals surface area contributed by atoms with Gasteiger partial charge in [0.1, 0.15) is 5.00 Å². The average molecular weight is 299 g/mol. The molecule has 0 aromatic carbocycles. The number of rotatable bonds is 8. The van der Waals surface area contributed by atoms with E-state index >= 15 is 0 Å². The maximum Gasteiger partial charge on any atom is 0.341 e. The van der Waals surface area contributed by atoms with E-state index in [0.717, 1.165) is 11.3 Å². The molecule has 0 saturated carbocycles. The standard InChI is InChI=1S/C14H21NO4S/c1-4-7-18-8-6-12(16)15-13-11(9-10(3)20-13)14(17)19-5-2/h9H,4-8H2,1-3H3,(H,15,16). The normalized spacial score (nSPS) is 10.3. The third-order valence-corrected chi connectivity index (χ3v) is 3.39. The van der Waals surface area contributed by atoms with E-state index in [9.17, 15) is 9.59 Å². The quantitative estimate of drug-likeness (QED) is 0.592. The lowest BCUT2D eigenvalue weighted by molar-refractivity contribution is -0.117. The van der Waals surface area contributed by atoms with Crippen LogP contribution >= 0.6 is 11.3 Å². The third-order valence-electron chi connectivity index (χ3n) is 2.43. The fourth-order valence-electron chi connectivity index (χ4n) is 1.57. The predicted octanol–water partition coefficient (Wildman–Crippen LogP) is 2.99. The van der Waals surface area contributed by atoms with Gasteiger partial charge in [-0.2, -0.15) is 0 Å². The molecule has 112 valence electrons. The molecular weight excluding hydrogens is 278 g/mol. The third kappa shape index (κ3) is 5.30. The summed E-state index contributed by atoms with van der Waals surface area (Å²) in [4.78, 5) is 24.5. The second-order valence-electron chi connectivity index (χ2n) is 4.23. The first-order valence-corrected chi connectivity index (χ1v) is 7.55. The molecule has 1 rings (SSSR count). The Morgan fingerprint density at radius 3 is 2.70 bits per heavy atom. The Hall–Kier alpha value is -1.40. The minimum atomic E-state index is -0.408. The first-order valence-electron chi connectivity index (χ1n) is 6.73. The van der Waals surface area contributed by atoms with Gasteiger partial charge in [0.2, 0.25) is 5.91 Å². The van der Waals surface area contributed by atoms with E-state index in [-0.39, 0.29) is 12.3 Å². The Morgan fingerprint density at radius 1 is 1.30 bits per heavy atom. The van der Waals surface area contributed by atoms with Crippen molar-refractivity contribution in [3.05, 3.63) is 16.5 Å². The molecule has 0 aliphatic heterocycles. The van der Waals surface area contributed by atoms with Gasteiger partial charge in [-0.1, -0.05) is 6.92 Å². The average Bonchev–Trinajstić information content (AvgIpc) is 2.76. The van der Waals surface area contributed by atoms with E-state index in [0.29, 0.717) is 30.4 Å². The maximum absolute atomic E-state index is 11.8. The zero-order chi connectivity index (χ0) is 15.0. The molecule has 1 aromatic heterocycles. The van der Waals surface area contributed by atoms with Crippen LogP contribution in [0, 0.1) is 6.92 Å². The summed E-state index contributed by atoms with van der Waals surface area (Å²) in [5.41, 5.74) is 0.414. The highest BCUT2D eigenvalue weighted by molar-refractivity contribution is 7.16. The van der Waals surface area contributed by atoms with E-state index in [1.165, 1.54) is 11.3 Å². The van der Waals surface area contributed by atoms with E-state index in [1.807, 2.05) is 13.8 Å². The summed E-state index contributed by atoms with van der Waals surface area (Å²) in [6, 6.07) is 1.73. The van der Waals surface area contributed by atoms with E-state index in [4.69, 9.17) is 9.47 Å². The van der Waals surface area contributed by atoms with Crippen LogP contribution in [0.1, 0.15) is 41.9 Å². The zero-order valence-electron chi connectivity index (χ0n) is 12.2. The molecule has 0 fully saturated rings. The van der Waals surface area contributed by atoms with Crippen molar-refractivity contribution in [3.8, 4) is 0 Å². The van der Waals surface area contributed by atoms with Crippen LogP contribution in [0.5, 0.6) is 0 Å². The van der Waals surface area contributed by atoms with Crippen LogP contribution in [-0.2, 0) is 14.3 Å². The van der Waals surface area contributed by atoms with Crippen LogP contribution in [0.2, 0.25) is 0 Å².